The first-order chi connectivity index (χ1) is 26.8. The summed E-state index contributed by atoms with van der Waals surface area (Å²) in [5.74, 6) is 1.91. The molecule has 0 spiro atoms. The fourth-order valence-electron chi connectivity index (χ4n) is 7.87. The summed E-state index contributed by atoms with van der Waals surface area (Å²) < 4.78 is 57.1. The maximum absolute atomic E-state index is 14.2. The molecular formula is C42H45N3O9S. The molecule has 1 amide bonds. The second-order valence-corrected chi connectivity index (χ2v) is 16.0. The van der Waals surface area contributed by atoms with E-state index in [-0.39, 0.29) is 55.6 Å². The van der Waals surface area contributed by atoms with Crippen molar-refractivity contribution in [1.29, 1.82) is 0 Å². The molecule has 8 rings (SSSR count). The Hall–Kier alpha value is -4.92. The average Bonchev–Trinajstić information content (AvgIpc) is 3.85. The second kappa shape index (κ2) is 16.0. The number of nitrogens with zero attached hydrogens (tertiary/aromatic N) is 3. The molecule has 0 saturated carbocycles. The Morgan fingerprint density at radius 3 is 2.49 bits per heavy atom. The molecule has 2 atom stereocenters. The molecule has 1 aliphatic carbocycles. The van der Waals surface area contributed by atoms with Gasteiger partial charge in [-0.3, -0.25) is 9.69 Å². The van der Waals surface area contributed by atoms with Crippen molar-refractivity contribution in [3.63, 3.8) is 0 Å². The van der Waals surface area contributed by atoms with Gasteiger partial charge in [0.15, 0.2) is 17.3 Å². The van der Waals surface area contributed by atoms with Crippen LogP contribution in [0, 0.1) is 0 Å². The molecule has 1 fully saturated rings. The molecule has 0 aromatic heterocycles. The van der Waals surface area contributed by atoms with Crippen molar-refractivity contribution in [2.45, 2.75) is 36.5 Å². The molecule has 4 aromatic rings. The average molecular weight is 768 g/mol. The summed E-state index contributed by atoms with van der Waals surface area (Å²) >= 11 is 0. The molecule has 4 aromatic carbocycles. The summed E-state index contributed by atoms with van der Waals surface area (Å²) in [6.07, 6.45) is 2.37. The Labute approximate surface area is 321 Å². The molecule has 13 heteroatoms. The lowest BCUT2D eigenvalue weighted by Gasteiger charge is -2.37. The summed E-state index contributed by atoms with van der Waals surface area (Å²) in [6, 6.07) is 26.9. The molecule has 3 heterocycles. The predicted octanol–water partition coefficient (Wildman–Crippen LogP) is 4.75. The van der Waals surface area contributed by atoms with E-state index in [4.69, 9.17) is 23.7 Å². The molecule has 1 N–H and O–H groups in total. The van der Waals surface area contributed by atoms with Crippen molar-refractivity contribution in [3.05, 3.63) is 119 Å². The van der Waals surface area contributed by atoms with Crippen LogP contribution in [-0.2, 0) is 37.3 Å². The number of methoxy groups -OCH3 is 1. The number of aliphatic hydroxyl groups excluding tert-OH is 1. The molecule has 12 nitrogen and oxygen atoms in total. The number of benzene rings is 4. The fraction of sp³-hybridized carbons (Fsp3) is 0.357. The van der Waals surface area contributed by atoms with Gasteiger partial charge in [0.25, 0.3) is 5.91 Å². The van der Waals surface area contributed by atoms with Crippen LogP contribution >= 0.6 is 0 Å². The highest BCUT2D eigenvalue weighted by Gasteiger charge is 2.35. The minimum Gasteiger partial charge on any atom is -0.497 e. The van der Waals surface area contributed by atoms with Crippen molar-refractivity contribution in [2.75, 3.05) is 66.4 Å². The van der Waals surface area contributed by atoms with Crippen molar-refractivity contribution in [1.82, 2.24) is 14.1 Å². The van der Waals surface area contributed by atoms with E-state index in [0.29, 0.717) is 38.3 Å². The monoisotopic (exact) mass is 767 g/mol. The van der Waals surface area contributed by atoms with Gasteiger partial charge < -0.3 is 33.7 Å². The Morgan fingerprint density at radius 1 is 0.909 bits per heavy atom. The Kier molecular flexibility index (Phi) is 10.8. The van der Waals surface area contributed by atoms with E-state index in [1.807, 2.05) is 29.2 Å². The van der Waals surface area contributed by atoms with E-state index in [9.17, 15) is 18.3 Å². The van der Waals surface area contributed by atoms with Crippen LogP contribution in [0.25, 0.3) is 11.1 Å². The topological polar surface area (TPSA) is 127 Å². The number of hydrogen-bond donors (Lipinski definition) is 1. The standard InChI is InChI=1S/C42H45N3O9S/c1-50-32-10-12-33(13-11-32)55(48,49)45(19-21-46)20-22-51-41-26-31(35-7-4-8-36-34-6-3-2-5-30(34)24-37(35)36)25-40(54-41)42(47)44-17-15-43(16-18-44)27-29-9-14-38-39(23-29)53-28-52-38/h2-14,23,25,31,41,46H,15-22,24,26-28H2,1H3. The fourth-order valence-corrected chi connectivity index (χ4v) is 9.28. The number of rotatable bonds is 13. The number of sulfonamides is 1. The van der Waals surface area contributed by atoms with Gasteiger partial charge in [-0.25, -0.2) is 8.42 Å². The maximum Gasteiger partial charge on any atom is 0.288 e. The minimum atomic E-state index is -3.94. The van der Waals surface area contributed by atoms with Crippen molar-refractivity contribution < 1.29 is 42.0 Å². The third-order valence-corrected chi connectivity index (χ3v) is 12.7. The number of allylic oxidation sites excluding steroid dienone is 1. The minimum absolute atomic E-state index is 0.00882. The third-order valence-electron chi connectivity index (χ3n) is 10.7. The van der Waals surface area contributed by atoms with Crippen molar-refractivity contribution >= 4 is 15.9 Å². The van der Waals surface area contributed by atoms with Gasteiger partial charge in [-0.05, 0) is 82.3 Å². The van der Waals surface area contributed by atoms with Gasteiger partial charge in [-0.15, -0.1) is 0 Å². The molecule has 288 valence electrons. The summed E-state index contributed by atoms with van der Waals surface area (Å²) in [7, 11) is -2.42. The smallest absolute Gasteiger partial charge is 0.288 e. The van der Waals surface area contributed by atoms with Gasteiger partial charge in [0.2, 0.25) is 23.1 Å². The van der Waals surface area contributed by atoms with E-state index in [1.54, 1.807) is 12.1 Å². The normalized spacial score (nSPS) is 19.1. The van der Waals surface area contributed by atoms with E-state index < -0.39 is 16.3 Å². The summed E-state index contributed by atoms with van der Waals surface area (Å²) in [5, 5.41) is 9.77. The van der Waals surface area contributed by atoms with Crippen LogP contribution < -0.4 is 14.2 Å². The third kappa shape index (κ3) is 7.80. The van der Waals surface area contributed by atoms with E-state index in [0.717, 1.165) is 35.6 Å². The SMILES string of the molecule is COc1ccc(S(=O)(=O)N(CCO)CCOC2CC(c3cccc4c3Cc3ccccc3-4)C=C(C(=O)N3CCN(Cc4ccc5c(c4)OCO5)CC3)O2)cc1. The van der Waals surface area contributed by atoms with Gasteiger partial charge in [-0.2, -0.15) is 4.31 Å². The number of hydrogen-bond acceptors (Lipinski definition) is 10. The zero-order valence-electron chi connectivity index (χ0n) is 30.8. The second-order valence-electron chi connectivity index (χ2n) is 14.1. The highest BCUT2D eigenvalue weighted by atomic mass is 32.2. The highest BCUT2D eigenvalue weighted by Crippen LogP contribution is 2.43. The lowest BCUT2D eigenvalue weighted by atomic mass is 9.87. The lowest BCUT2D eigenvalue weighted by Crippen LogP contribution is -2.49. The van der Waals surface area contributed by atoms with Gasteiger partial charge >= 0.3 is 0 Å². The highest BCUT2D eigenvalue weighted by molar-refractivity contribution is 7.89. The number of ether oxygens (including phenoxy) is 5. The predicted molar refractivity (Wildman–Crippen MR) is 204 cm³/mol. The van der Waals surface area contributed by atoms with Crippen LogP contribution in [0.5, 0.6) is 17.2 Å². The molecular weight excluding hydrogens is 723 g/mol. The van der Waals surface area contributed by atoms with Crippen molar-refractivity contribution in [2.24, 2.45) is 0 Å². The summed E-state index contributed by atoms with van der Waals surface area (Å²) in [4.78, 5) is 18.4. The van der Waals surface area contributed by atoms with Gasteiger partial charge in [0.1, 0.15) is 5.75 Å². The molecule has 55 heavy (non-hydrogen) atoms. The first-order valence-corrected chi connectivity index (χ1v) is 20.1. The number of carbonyl (C=O) groups excluding carboxylic acids is 1. The largest absolute Gasteiger partial charge is 0.497 e. The van der Waals surface area contributed by atoms with Crippen LogP contribution in [0.4, 0.5) is 0 Å². The van der Waals surface area contributed by atoms with Gasteiger partial charge in [0.05, 0.1) is 25.2 Å². The van der Waals surface area contributed by atoms with Crippen LogP contribution in [0.2, 0.25) is 0 Å². The molecule has 4 aliphatic rings. The maximum atomic E-state index is 14.2. The number of amides is 1. The molecule has 2 unspecified atom stereocenters. The quantitative estimate of drug-likeness (QED) is 0.179. The van der Waals surface area contributed by atoms with E-state index in [2.05, 4.69) is 47.4 Å². The first-order valence-electron chi connectivity index (χ1n) is 18.7. The van der Waals surface area contributed by atoms with Crippen LogP contribution in [-0.4, -0.2) is 106 Å². The van der Waals surface area contributed by atoms with Crippen molar-refractivity contribution in [3.8, 4) is 28.4 Å². The van der Waals surface area contributed by atoms with E-state index in [1.165, 1.54) is 45.8 Å². The summed E-state index contributed by atoms with van der Waals surface area (Å²) in [5.41, 5.74) is 7.16. The number of aliphatic hydroxyl groups is 1. The first kappa shape index (κ1) is 37.0. The number of piperazine rings is 1. The number of carbonyl (C=O) groups is 1. The van der Waals surface area contributed by atoms with Crippen LogP contribution in [0.15, 0.2) is 102 Å². The van der Waals surface area contributed by atoms with E-state index >= 15 is 0 Å². The molecule has 3 aliphatic heterocycles. The molecule has 0 radical (unpaired) electrons. The molecule has 1 saturated heterocycles. The van der Waals surface area contributed by atoms with Gasteiger partial charge in [0, 0.05) is 58.2 Å². The number of fused-ring (bicyclic) bond motifs is 4. The molecule has 0 bridgehead atoms. The van der Waals surface area contributed by atoms with Crippen LogP contribution in [0.1, 0.15) is 34.6 Å². The Bertz CT molecular complexity index is 2170. The van der Waals surface area contributed by atoms with Gasteiger partial charge in [-0.1, -0.05) is 48.5 Å². The Balaban J connectivity index is 0.980. The van der Waals surface area contributed by atoms with Crippen LogP contribution in [0.3, 0.4) is 0 Å². The lowest BCUT2D eigenvalue weighted by molar-refractivity contribution is -0.154. The summed E-state index contributed by atoms with van der Waals surface area (Å²) in [6.45, 7) is 2.95. The Morgan fingerprint density at radius 2 is 1.69 bits per heavy atom. The zero-order chi connectivity index (χ0) is 37.9. The zero-order valence-corrected chi connectivity index (χ0v) is 31.6.